The minimum atomic E-state index is -0.103. The van der Waals surface area contributed by atoms with Crippen LogP contribution in [-0.4, -0.2) is 0 Å². The molecule has 0 saturated heterocycles. The van der Waals surface area contributed by atoms with Crippen molar-refractivity contribution in [1.29, 1.82) is 10.5 Å². The molecule has 0 aliphatic heterocycles. The number of rotatable bonds is 1. The lowest BCUT2D eigenvalue weighted by Crippen LogP contribution is -1.81. The monoisotopic (exact) mass is 222 g/mol. The van der Waals surface area contributed by atoms with Crippen LogP contribution in [0.4, 0.5) is 0 Å². The third-order valence-electron chi connectivity index (χ3n) is 1.54. The van der Waals surface area contributed by atoms with Crippen LogP contribution in [-0.2, 0) is 0 Å². The number of nitriles is 2. The average molecular weight is 223 g/mol. The smallest absolute Gasteiger partial charge is 0.148 e. The van der Waals surface area contributed by atoms with E-state index in [4.69, 9.17) is 33.7 Å². The summed E-state index contributed by atoms with van der Waals surface area (Å²) in [7, 11) is 0. The first kappa shape index (κ1) is 10.6. The summed E-state index contributed by atoms with van der Waals surface area (Å²) in [6.45, 7) is 0. The summed E-state index contributed by atoms with van der Waals surface area (Å²) < 4.78 is 0. The van der Waals surface area contributed by atoms with Gasteiger partial charge >= 0.3 is 0 Å². The highest BCUT2D eigenvalue weighted by Gasteiger charge is 2.05. The third-order valence-corrected chi connectivity index (χ3v) is 2.20. The summed E-state index contributed by atoms with van der Waals surface area (Å²) in [4.78, 5) is 0. The fraction of sp³-hybridized carbons (Fsp3) is 0. The highest BCUT2D eigenvalue weighted by atomic mass is 35.5. The van der Waals surface area contributed by atoms with Gasteiger partial charge in [0.05, 0.1) is 5.03 Å². The minimum absolute atomic E-state index is 0.103. The minimum Gasteiger partial charge on any atom is -0.192 e. The number of hydrogen-bond donors (Lipinski definition) is 0. The number of nitrogens with zero attached hydrogens (tertiary/aromatic N) is 2. The van der Waals surface area contributed by atoms with Crippen LogP contribution in [0.25, 0.3) is 5.03 Å². The second-order valence-electron chi connectivity index (χ2n) is 2.42. The van der Waals surface area contributed by atoms with Crippen LogP contribution in [0.2, 0.25) is 5.02 Å². The number of hydrogen-bond acceptors (Lipinski definition) is 2. The van der Waals surface area contributed by atoms with Gasteiger partial charge < -0.3 is 0 Å². The molecule has 0 amide bonds. The standard InChI is InChI=1S/C10H4Cl2N2/c11-9-3-1-7(2-4-9)10(12)8(5-13)6-14/h1-4H. The van der Waals surface area contributed by atoms with Crippen LogP contribution in [0.5, 0.6) is 0 Å². The van der Waals surface area contributed by atoms with Crippen LogP contribution in [0.15, 0.2) is 29.8 Å². The van der Waals surface area contributed by atoms with E-state index >= 15 is 0 Å². The summed E-state index contributed by atoms with van der Waals surface area (Å²) in [6, 6.07) is 10.0. The van der Waals surface area contributed by atoms with E-state index in [0.717, 1.165) is 0 Å². The van der Waals surface area contributed by atoms with Crippen LogP contribution < -0.4 is 0 Å². The van der Waals surface area contributed by atoms with E-state index in [1.807, 2.05) is 0 Å². The Kier molecular flexibility index (Phi) is 3.54. The van der Waals surface area contributed by atoms with Gasteiger partial charge in [-0.2, -0.15) is 10.5 Å². The van der Waals surface area contributed by atoms with Crippen molar-refractivity contribution < 1.29 is 0 Å². The van der Waals surface area contributed by atoms with Gasteiger partial charge in [0, 0.05) is 5.02 Å². The normalized spacial score (nSPS) is 8.57. The van der Waals surface area contributed by atoms with E-state index in [9.17, 15) is 0 Å². The molecule has 2 nitrogen and oxygen atoms in total. The Hall–Kier alpha value is -1.48. The Labute approximate surface area is 91.6 Å². The predicted molar refractivity (Wildman–Crippen MR) is 55.5 cm³/mol. The van der Waals surface area contributed by atoms with Gasteiger partial charge in [-0.25, -0.2) is 0 Å². The first-order valence-corrected chi connectivity index (χ1v) is 4.40. The summed E-state index contributed by atoms with van der Waals surface area (Å²) in [5, 5.41) is 17.9. The van der Waals surface area contributed by atoms with Crippen molar-refractivity contribution in [3.05, 3.63) is 40.4 Å². The topological polar surface area (TPSA) is 47.6 Å². The molecule has 68 valence electrons. The summed E-state index contributed by atoms with van der Waals surface area (Å²) in [6.07, 6.45) is 0. The maximum atomic E-state index is 8.57. The van der Waals surface area contributed by atoms with E-state index in [1.165, 1.54) is 0 Å². The molecule has 0 atom stereocenters. The molecule has 0 saturated carbocycles. The van der Waals surface area contributed by atoms with Crippen LogP contribution in [0.3, 0.4) is 0 Å². The Bertz CT molecular complexity index is 430. The molecule has 0 bridgehead atoms. The molecule has 0 spiro atoms. The van der Waals surface area contributed by atoms with Gasteiger partial charge in [-0.3, -0.25) is 0 Å². The van der Waals surface area contributed by atoms with E-state index < -0.39 is 0 Å². The van der Waals surface area contributed by atoms with Gasteiger partial charge in [0.25, 0.3) is 0 Å². The van der Waals surface area contributed by atoms with E-state index in [1.54, 1.807) is 36.4 Å². The van der Waals surface area contributed by atoms with Crippen LogP contribution in [0.1, 0.15) is 5.56 Å². The summed E-state index contributed by atoms with van der Waals surface area (Å²) in [5.74, 6) is 0. The van der Waals surface area contributed by atoms with Gasteiger partial charge in [-0.05, 0) is 17.7 Å². The van der Waals surface area contributed by atoms with Gasteiger partial charge in [0.2, 0.25) is 0 Å². The highest BCUT2D eigenvalue weighted by Crippen LogP contribution is 2.23. The second kappa shape index (κ2) is 4.67. The molecular formula is C10H4Cl2N2. The lowest BCUT2D eigenvalue weighted by Gasteiger charge is -1.98. The molecule has 1 rings (SSSR count). The number of allylic oxidation sites excluding steroid dienone is 1. The van der Waals surface area contributed by atoms with Crippen molar-refractivity contribution in [3.8, 4) is 12.1 Å². The highest BCUT2D eigenvalue weighted by molar-refractivity contribution is 6.50. The summed E-state index contributed by atoms with van der Waals surface area (Å²) in [5.41, 5.74) is 0.503. The largest absolute Gasteiger partial charge is 0.192 e. The average Bonchev–Trinajstić information content (AvgIpc) is 2.20. The van der Waals surface area contributed by atoms with E-state index in [-0.39, 0.29) is 10.6 Å². The molecule has 0 aliphatic rings. The lowest BCUT2D eigenvalue weighted by atomic mass is 10.1. The number of halogens is 2. The SMILES string of the molecule is N#CC(C#N)=C(Cl)c1ccc(Cl)cc1. The Balaban J connectivity index is 3.21. The molecule has 1 aromatic rings. The maximum Gasteiger partial charge on any atom is 0.148 e. The molecule has 14 heavy (non-hydrogen) atoms. The van der Waals surface area contributed by atoms with Gasteiger partial charge in [0.1, 0.15) is 17.7 Å². The van der Waals surface area contributed by atoms with Crippen molar-refractivity contribution in [1.82, 2.24) is 0 Å². The van der Waals surface area contributed by atoms with Crippen molar-refractivity contribution >= 4 is 28.2 Å². The molecule has 0 aromatic heterocycles. The van der Waals surface area contributed by atoms with Crippen molar-refractivity contribution in [3.63, 3.8) is 0 Å². The first-order chi connectivity index (χ1) is 6.69. The molecule has 0 aliphatic carbocycles. The second-order valence-corrected chi connectivity index (χ2v) is 3.23. The molecule has 0 heterocycles. The van der Waals surface area contributed by atoms with Gasteiger partial charge in [-0.15, -0.1) is 0 Å². The van der Waals surface area contributed by atoms with Gasteiger partial charge in [0.15, 0.2) is 0 Å². The quantitative estimate of drug-likeness (QED) is 0.685. The van der Waals surface area contributed by atoms with Crippen LogP contribution in [0, 0.1) is 22.7 Å². The van der Waals surface area contributed by atoms with E-state index in [0.29, 0.717) is 10.6 Å². The molecule has 4 heteroatoms. The molecule has 0 unspecified atom stereocenters. The van der Waals surface area contributed by atoms with Crippen LogP contribution >= 0.6 is 23.2 Å². The predicted octanol–water partition coefficient (Wildman–Crippen LogP) is 3.34. The third kappa shape index (κ3) is 2.26. The van der Waals surface area contributed by atoms with E-state index in [2.05, 4.69) is 0 Å². The summed E-state index contributed by atoms with van der Waals surface area (Å²) >= 11 is 11.5. The fourth-order valence-electron chi connectivity index (χ4n) is 0.864. The fourth-order valence-corrected chi connectivity index (χ4v) is 1.20. The Morgan fingerprint density at radius 2 is 1.57 bits per heavy atom. The number of benzene rings is 1. The molecule has 0 N–H and O–H groups in total. The van der Waals surface area contributed by atoms with Crippen molar-refractivity contribution in [2.75, 3.05) is 0 Å². The lowest BCUT2D eigenvalue weighted by molar-refractivity contribution is 1.47. The van der Waals surface area contributed by atoms with Crippen molar-refractivity contribution in [2.24, 2.45) is 0 Å². The molecule has 0 fully saturated rings. The maximum absolute atomic E-state index is 8.57. The molecular weight excluding hydrogens is 219 g/mol. The van der Waals surface area contributed by atoms with Crippen molar-refractivity contribution in [2.45, 2.75) is 0 Å². The molecule has 1 aromatic carbocycles. The zero-order valence-corrected chi connectivity index (χ0v) is 8.47. The Morgan fingerprint density at radius 3 is 2.00 bits per heavy atom. The molecule has 0 radical (unpaired) electrons. The zero-order chi connectivity index (χ0) is 10.6. The zero-order valence-electron chi connectivity index (χ0n) is 6.96. The first-order valence-electron chi connectivity index (χ1n) is 3.65. The van der Waals surface area contributed by atoms with Gasteiger partial charge in [-0.1, -0.05) is 35.3 Å². The Morgan fingerprint density at radius 1 is 1.07 bits per heavy atom.